The third-order valence-electron chi connectivity index (χ3n) is 1.03. The molecule has 0 unspecified atom stereocenters. The Morgan fingerprint density at radius 3 is 1.86 bits per heavy atom. The molecule has 0 fully saturated rings. The van der Waals surface area contributed by atoms with Crippen LogP contribution in [0.5, 0.6) is 0 Å². The molecule has 2 radical (unpaired) electrons. The van der Waals surface area contributed by atoms with E-state index in [1.54, 1.807) is 0 Å². The first-order valence-corrected chi connectivity index (χ1v) is 3.27. The van der Waals surface area contributed by atoms with Crippen LogP contribution in [-0.4, -0.2) is 16.1 Å². The number of rotatable bonds is 1. The standard InChI is InChI=1S/C7H8N2S.2H2O.2Y/c8-7(10)9-6-4-2-1-3-5-6;;;;/h1-5H,(H3,8,9,10);2*1H2;;/p-1. The van der Waals surface area contributed by atoms with E-state index >= 15 is 0 Å². The molecule has 0 aliphatic heterocycles. The molecule has 1 aromatic carbocycles. The van der Waals surface area contributed by atoms with Crippen molar-refractivity contribution in [1.82, 2.24) is 0 Å². The van der Waals surface area contributed by atoms with Crippen LogP contribution < -0.4 is 5.32 Å². The van der Waals surface area contributed by atoms with Crippen molar-refractivity contribution in [2.45, 2.75) is 0 Å². The van der Waals surface area contributed by atoms with Crippen molar-refractivity contribution < 1.29 is 76.4 Å². The molecule has 0 saturated heterocycles. The molecule has 0 saturated carbocycles. The molecule has 14 heavy (non-hydrogen) atoms. The largest absolute Gasteiger partial charge is 0.473 e. The maximum absolute atomic E-state index is 6.94. The zero-order valence-electron chi connectivity index (χ0n) is 7.45. The molecule has 74 valence electrons. The summed E-state index contributed by atoms with van der Waals surface area (Å²) in [5.74, 6) is 0. The van der Waals surface area contributed by atoms with E-state index in [-0.39, 0.29) is 81.5 Å². The van der Waals surface area contributed by atoms with Gasteiger partial charge in [0.05, 0.1) is 0 Å². The van der Waals surface area contributed by atoms with Crippen LogP contribution in [0.4, 0.5) is 5.69 Å². The first-order chi connectivity index (χ1) is 4.79. The van der Waals surface area contributed by atoms with E-state index in [9.17, 15) is 0 Å². The van der Waals surface area contributed by atoms with Gasteiger partial charge in [-0.05, 0) is 5.69 Å². The number of hydrogen-bond donors (Lipinski definition) is 1. The van der Waals surface area contributed by atoms with Gasteiger partial charge in [0.1, 0.15) is 0 Å². The predicted octanol–water partition coefficient (Wildman–Crippen LogP) is 0.781. The molecule has 0 spiro atoms. The molecule has 0 atom stereocenters. The van der Waals surface area contributed by atoms with Gasteiger partial charge >= 0.3 is 0 Å². The zero-order chi connectivity index (χ0) is 7.40. The topological polar surface area (TPSA) is 98.8 Å². The zero-order valence-corrected chi connectivity index (χ0v) is 13.9. The van der Waals surface area contributed by atoms with Crippen LogP contribution in [0.1, 0.15) is 0 Å². The Morgan fingerprint density at radius 1 is 1.07 bits per heavy atom. The molecule has 0 aliphatic rings. The summed E-state index contributed by atoms with van der Waals surface area (Å²) in [6.07, 6.45) is 0. The molecular weight excluding hydrogens is 354 g/mol. The fourth-order valence-corrected chi connectivity index (χ4v) is 0.770. The number of anilines is 1. The van der Waals surface area contributed by atoms with Crippen molar-refractivity contribution in [3.8, 4) is 0 Å². The van der Waals surface area contributed by atoms with E-state index in [0.29, 0.717) is 0 Å². The van der Waals surface area contributed by atoms with Gasteiger partial charge in [0.15, 0.2) is 0 Å². The fourth-order valence-electron chi connectivity index (χ4n) is 0.653. The van der Waals surface area contributed by atoms with Gasteiger partial charge in [-0.15, -0.1) is 0 Å². The van der Waals surface area contributed by atoms with Crippen molar-refractivity contribution in [3.63, 3.8) is 0 Å². The summed E-state index contributed by atoms with van der Waals surface area (Å²) in [5, 5.41) is 2.75. The van der Waals surface area contributed by atoms with Gasteiger partial charge < -0.3 is 22.0 Å². The monoisotopic (exact) mass is 365 g/mol. The average molecular weight is 365 g/mol. The number of hydrogen-bond acceptors (Lipinski definition) is 1. The van der Waals surface area contributed by atoms with Crippen LogP contribution >= 0.6 is 12.2 Å². The number of nitrogens with one attached hydrogen (secondary N) is 2. The van der Waals surface area contributed by atoms with Crippen molar-refractivity contribution in [1.29, 1.82) is 0 Å². The molecule has 0 aromatic heterocycles. The molecule has 0 bridgehead atoms. The summed E-state index contributed by atoms with van der Waals surface area (Å²) in [7, 11) is 0. The van der Waals surface area contributed by atoms with E-state index in [0.717, 1.165) is 5.69 Å². The van der Waals surface area contributed by atoms with E-state index in [4.69, 9.17) is 5.73 Å². The Morgan fingerprint density at radius 2 is 1.50 bits per heavy atom. The van der Waals surface area contributed by atoms with Crippen LogP contribution in [0, 0.1) is 0 Å². The van der Waals surface area contributed by atoms with Crippen LogP contribution in [0.25, 0.3) is 5.73 Å². The minimum Gasteiger partial charge on any atom is -0.473 e. The van der Waals surface area contributed by atoms with Gasteiger partial charge in [0, 0.05) is 70.5 Å². The Hall–Kier alpha value is 1.04. The van der Waals surface area contributed by atoms with Crippen LogP contribution in [0.3, 0.4) is 0 Å². The SMILES string of the molecule is O.O.[NH-]C(=S)Nc1ccccc1.[Y].[Y]. The van der Waals surface area contributed by atoms with Crippen LogP contribution in [0.2, 0.25) is 0 Å². The van der Waals surface area contributed by atoms with Gasteiger partial charge in [-0.2, -0.15) is 0 Å². The fraction of sp³-hybridized carbons (Fsp3) is 0. The molecule has 0 heterocycles. The number of para-hydroxylation sites is 1. The third-order valence-corrected chi connectivity index (χ3v) is 1.13. The van der Waals surface area contributed by atoms with Gasteiger partial charge in [0.25, 0.3) is 0 Å². The van der Waals surface area contributed by atoms with E-state index in [1.165, 1.54) is 0 Å². The third kappa shape index (κ3) is 11.1. The maximum atomic E-state index is 6.94. The quantitative estimate of drug-likeness (QED) is 0.744. The normalized spacial score (nSPS) is 6.29. The molecule has 7 heteroatoms. The first kappa shape index (κ1) is 24.3. The summed E-state index contributed by atoms with van der Waals surface area (Å²) in [5.41, 5.74) is 7.80. The van der Waals surface area contributed by atoms with Gasteiger partial charge in [-0.3, -0.25) is 0 Å². The second kappa shape index (κ2) is 14.0. The molecule has 1 rings (SSSR count). The second-order valence-corrected chi connectivity index (χ2v) is 2.23. The minimum absolute atomic E-state index is 0. The van der Waals surface area contributed by atoms with E-state index in [2.05, 4.69) is 17.5 Å². The summed E-state index contributed by atoms with van der Waals surface area (Å²) in [6, 6.07) is 9.42. The Bertz CT molecular complexity index is 236. The van der Waals surface area contributed by atoms with Crippen LogP contribution in [-0.2, 0) is 65.4 Å². The summed E-state index contributed by atoms with van der Waals surface area (Å²) >= 11 is 4.53. The summed E-state index contributed by atoms with van der Waals surface area (Å²) < 4.78 is 0. The smallest absolute Gasteiger partial charge is 0.000532 e. The molecule has 0 aliphatic carbocycles. The molecule has 1 aromatic rings. The van der Waals surface area contributed by atoms with Gasteiger partial charge in [0.2, 0.25) is 0 Å². The maximum Gasteiger partial charge on any atom is 0.000532 e. The van der Waals surface area contributed by atoms with Crippen molar-refractivity contribution in [3.05, 3.63) is 36.1 Å². The van der Waals surface area contributed by atoms with Gasteiger partial charge in [-0.1, -0.05) is 42.5 Å². The molecule has 4 nitrogen and oxygen atoms in total. The van der Waals surface area contributed by atoms with Crippen LogP contribution in [0.15, 0.2) is 30.3 Å². The molecule has 6 N–H and O–H groups in total. The Balaban J connectivity index is -0.000000125. The summed E-state index contributed by atoms with van der Waals surface area (Å²) in [4.78, 5) is 0. The van der Waals surface area contributed by atoms with Crippen molar-refractivity contribution in [2.24, 2.45) is 0 Å². The van der Waals surface area contributed by atoms with E-state index in [1.807, 2.05) is 30.3 Å². The number of benzene rings is 1. The van der Waals surface area contributed by atoms with Gasteiger partial charge in [-0.25, -0.2) is 0 Å². The first-order valence-electron chi connectivity index (χ1n) is 2.86. The van der Waals surface area contributed by atoms with Crippen molar-refractivity contribution >= 4 is 23.0 Å². The minimum atomic E-state index is 0. The predicted molar refractivity (Wildman–Crippen MR) is 54.2 cm³/mol. The number of thiocarbonyl (C=S) groups is 1. The average Bonchev–Trinajstić information content (AvgIpc) is 1.88. The molecular formula is C7H11N2O2SY2-. The van der Waals surface area contributed by atoms with Crippen molar-refractivity contribution in [2.75, 3.05) is 5.32 Å². The van der Waals surface area contributed by atoms with E-state index < -0.39 is 0 Å². The molecule has 0 amide bonds. The Labute approximate surface area is 139 Å². The Kier molecular flexibility index (Phi) is 24.4. The second-order valence-electron chi connectivity index (χ2n) is 1.82. The summed E-state index contributed by atoms with van der Waals surface area (Å²) in [6.45, 7) is 0.